The molecule has 0 aromatic carbocycles. The Morgan fingerprint density at radius 1 is 1.53 bits per heavy atom. The van der Waals surface area contributed by atoms with Gasteiger partial charge in [-0.25, -0.2) is 0 Å². The topological polar surface area (TPSA) is 43.4 Å². The number of ether oxygens (including phenoxy) is 1. The van der Waals surface area contributed by atoms with Gasteiger partial charge >= 0.3 is 11.9 Å². The summed E-state index contributed by atoms with van der Waals surface area (Å²) in [5, 5.41) is 0. The molecular weight excluding hydrogens is 216 g/mol. The fraction of sp³-hybridized carbons (Fsp3) is 0.571. The number of carbonyl (C=O) groups excluding carboxylic acids is 2. The molecule has 3 aliphatic rings. The van der Waals surface area contributed by atoms with Crippen LogP contribution in [0.1, 0.15) is 26.2 Å². The molecule has 0 amide bonds. The van der Waals surface area contributed by atoms with Crippen molar-refractivity contribution in [2.45, 2.75) is 26.2 Å². The Balaban J connectivity index is 1.91. The van der Waals surface area contributed by atoms with Gasteiger partial charge in [0.05, 0.1) is 11.8 Å². The SMILES string of the molecule is C=C(C)CCC12C=CC(C1)C1C(=O)OC(=O)C12. The number of hydrogen-bond donors (Lipinski definition) is 0. The second-order valence-corrected chi connectivity index (χ2v) is 5.66. The lowest BCUT2D eigenvalue weighted by atomic mass is 9.71. The first-order valence-electron chi connectivity index (χ1n) is 6.13. The molecule has 2 fully saturated rings. The van der Waals surface area contributed by atoms with Crippen LogP contribution in [0.4, 0.5) is 0 Å². The summed E-state index contributed by atoms with van der Waals surface area (Å²) in [6.45, 7) is 5.90. The van der Waals surface area contributed by atoms with Crippen LogP contribution in [0.15, 0.2) is 24.3 Å². The highest BCUT2D eigenvalue weighted by Crippen LogP contribution is 2.61. The second-order valence-electron chi connectivity index (χ2n) is 5.66. The van der Waals surface area contributed by atoms with E-state index in [1.807, 2.05) is 6.92 Å². The third-order valence-electron chi connectivity index (χ3n) is 4.48. The van der Waals surface area contributed by atoms with Crippen molar-refractivity contribution >= 4 is 11.9 Å². The van der Waals surface area contributed by atoms with E-state index in [9.17, 15) is 9.59 Å². The summed E-state index contributed by atoms with van der Waals surface area (Å²) in [6.07, 6.45) is 6.97. The van der Waals surface area contributed by atoms with Crippen LogP contribution in [-0.2, 0) is 14.3 Å². The Bertz CT molecular complexity index is 448. The maximum absolute atomic E-state index is 11.8. The van der Waals surface area contributed by atoms with Crippen molar-refractivity contribution < 1.29 is 14.3 Å². The molecule has 2 aliphatic carbocycles. The number of carbonyl (C=O) groups is 2. The molecule has 4 unspecified atom stereocenters. The van der Waals surface area contributed by atoms with Gasteiger partial charge in [-0.05, 0) is 32.1 Å². The third-order valence-corrected chi connectivity index (χ3v) is 4.48. The fourth-order valence-corrected chi connectivity index (χ4v) is 3.68. The molecule has 1 saturated heterocycles. The van der Waals surface area contributed by atoms with E-state index in [1.165, 1.54) is 0 Å². The zero-order valence-electron chi connectivity index (χ0n) is 9.94. The van der Waals surface area contributed by atoms with E-state index in [2.05, 4.69) is 18.7 Å². The van der Waals surface area contributed by atoms with Crippen molar-refractivity contribution in [3.8, 4) is 0 Å². The lowest BCUT2D eigenvalue weighted by Crippen LogP contribution is -2.31. The molecule has 1 heterocycles. The molecule has 0 radical (unpaired) electrons. The lowest BCUT2D eigenvalue weighted by Gasteiger charge is -2.29. The van der Waals surface area contributed by atoms with Crippen molar-refractivity contribution in [2.75, 3.05) is 0 Å². The fourth-order valence-electron chi connectivity index (χ4n) is 3.68. The number of esters is 2. The van der Waals surface area contributed by atoms with Crippen molar-refractivity contribution in [3.05, 3.63) is 24.3 Å². The van der Waals surface area contributed by atoms with E-state index in [1.54, 1.807) is 0 Å². The van der Waals surface area contributed by atoms with Crippen molar-refractivity contribution in [3.63, 3.8) is 0 Å². The largest absolute Gasteiger partial charge is 0.393 e. The summed E-state index contributed by atoms with van der Waals surface area (Å²) in [5.41, 5.74) is 0.981. The van der Waals surface area contributed by atoms with Gasteiger partial charge in [0.1, 0.15) is 0 Å². The monoisotopic (exact) mass is 232 g/mol. The van der Waals surface area contributed by atoms with Crippen molar-refractivity contribution in [1.29, 1.82) is 0 Å². The zero-order valence-corrected chi connectivity index (χ0v) is 9.94. The number of rotatable bonds is 3. The number of cyclic esters (lactones) is 2. The van der Waals surface area contributed by atoms with E-state index in [0.29, 0.717) is 0 Å². The van der Waals surface area contributed by atoms with Gasteiger partial charge in [0.2, 0.25) is 0 Å². The number of hydrogen-bond acceptors (Lipinski definition) is 3. The minimum atomic E-state index is -0.313. The van der Waals surface area contributed by atoms with E-state index in [-0.39, 0.29) is 35.1 Å². The van der Waals surface area contributed by atoms with Gasteiger partial charge in [-0.3, -0.25) is 9.59 Å². The van der Waals surface area contributed by atoms with E-state index in [0.717, 1.165) is 24.8 Å². The summed E-state index contributed by atoms with van der Waals surface area (Å²) in [4.78, 5) is 23.4. The van der Waals surface area contributed by atoms with E-state index >= 15 is 0 Å². The van der Waals surface area contributed by atoms with Gasteiger partial charge in [-0.1, -0.05) is 17.7 Å². The molecule has 3 nitrogen and oxygen atoms in total. The maximum Gasteiger partial charge on any atom is 0.318 e. The highest BCUT2D eigenvalue weighted by Gasteiger charge is 2.64. The predicted molar refractivity (Wildman–Crippen MR) is 61.8 cm³/mol. The molecule has 4 atom stereocenters. The summed E-state index contributed by atoms with van der Waals surface area (Å²) in [5.74, 6) is -0.855. The molecule has 0 spiro atoms. The predicted octanol–water partition coefficient (Wildman–Crippen LogP) is 2.23. The smallest absolute Gasteiger partial charge is 0.318 e. The molecule has 1 aliphatic heterocycles. The molecule has 0 N–H and O–H groups in total. The lowest BCUT2D eigenvalue weighted by molar-refractivity contribution is -0.155. The highest BCUT2D eigenvalue weighted by atomic mass is 16.6. The van der Waals surface area contributed by atoms with Crippen molar-refractivity contribution in [1.82, 2.24) is 0 Å². The van der Waals surface area contributed by atoms with Crippen molar-refractivity contribution in [2.24, 2.45) is 23.2 Å². The summed E-state index contributed by atoms with van der Waals surface area (Å²) >= 11 is 0. The molecule has 3 heteroatoms. The van der Waals surface area contributed by atoms with Gasteiger partial charge < -0.3 is 4.74 Å². The van der Waals surface area contributed by atoms with Gasteiger partial charge in [-0.2, -0.15) is 0 Å². The van der Waals surface area contributed by atoms with Crippen LogP contribution >= 0.6 is 0 Å². The van der Waals surface area contributed by atoms with Gasteiger partial charge in [0.15, 0.2) is 0 Å². The minimum Gasteiger partial charge on any atom is -0.393 e. The first-order chi connectivity index (χ1) is 8.03. The quantitative estimate of drug-likeness (QED) is 0.426. The first kappa shape index (κ1) is 10.8. The summed E-state index contributed by atoms with van der Waals surface area (Å²) in [7, 11) is 0. The van der Waals surface area contributed by atoms with Crippen LogP contribution < -0.4 is 0 Å². The highest BCUT2D eigenvalue weighted by molar-refractivity contribution is 5.98. The minimum absolute atomic E-state index is 0.141. The Hall–Kier alpha value is -1.38. The Kier molecular flexibility index (Phi) is 2.09. The molecule has 2 bridgehead atoms. The Labute approximate surface area is 101 Å². The zero-order chi connectivity index (χ0) is 12.2. The average molecular weight is 232 g/mol. The molecule has 90 valence electrons. The first-order valence-corrected chi connectivity index (χ1v) is 6.13. The number of fused-ring (bicyclic) bond motifs is 5. The molecule has 17 heavy (non-hydrogen) atoms. The normalized spacial score (nSPS) is 41.8. The number of allylic oxidation sites excluding steroid dienone is 3. The van der Waals surface area contributed by atoms with Crippen LogP contribution in [0.3, 0.4) is 0 Å². The Morgan fingerprint density at radius 2 is 2.29 bits per heavy atom. The van der Waals surface area contributed by atoms with Gasteiger partial charge in [0.25, 0.3) is 0 Å². The van der Waals surface area contributed by atoms with Crippen LogP contribution in [0, 0.1) is 23.2 Å². The van der Waals surface area contributed by atoms with Crippen LogP contribution in [0.5, 0.6) is 0 Å². The standard InChI is InChI=1S/C14H16O3/c1-8(2)3-5-14-6-4-9(7-14)10-11(14)13(16)17-12(10)15/h4,6,9-11H,1,3,5,7H2,2H3. The maximum atomic E-state index is 11.8. The molecule has 0 aromatic heterocycles. The summed E-state index contributed by atoms with van der Waals surface area (Å²) in [6, 6.07) is 0. The third kappa shape index (κ3) is 1.34. The molecule has 1 saturated carbocycles. The molecular formula is C14H16O3. The van der Waals surface area contributed by atoms with E-state index in [4.69, 9.17) is 4.74 Å². The molecule has 3 rings (SSSR count). The summed E-state index contributed by atoms with van der Waals surface area (Å²) < 4.78 is 4.80. The van der Waals surface area contributed by atoms with Crippen LogP contribution in [0.25, 0.3) is 0 Å². The average Bonchev–Trinajstić information content (AvgIpc) is 2.88. The van der Waals surface area contributed by atoms with Gasteiger partial charge in [0, 0.05) is 5.41 Å². The van der Waals surface area contributed by atoms with E-state index < -0.39 is 0 Å². The second kappa shape index (κ2) is 3.31. The molecule has 0 aromatic rings. The van der Waals surface area contributed by atoms with Crippen LogP contribution in [0.2, 0.25) is 0 Å². The Morgan fingerprint density at radius 3 is 3.00 bits per heavy atom. The van der Waals surface area contributed by atoms with Crippen LogP contribution in [-0.4, -0.2) is 11.9 Å². The van der Waals surface area contributed by atoms with Gasteiger partial charge in [-0.15, -0.1) is 6.58 Å².